The van der Waals surface area contributed by atoms with Gasteiger partial charge in [0.2, 0.25) is 5.76 Å². The van der Waals surface area contributed by atoms with Crippen molar-refractivity contribution in [3.8, 4) is 0 Å². The first-order valence-corrected chi connectivity index (χ1v) is 7.00. The number of aliphatic carboxylic acids is 1. The zero-order chi connectivity index (χ0) is 14.8. The minimum absolute atomic E-state index is 0.0909. The molecule has 1 aliphatic rings. The first-order valence-electron chi connectivity index (χ1n) is 7.00. The molecule has 0 spiro atoms. The van der Waals surface area contributed by atoms with Crippen molar-refractivity contribution in [1.29, 1.82) is 0 Å². The Bertz CT molecular complexity index is 501. The molecular formula is C14H20N2O4. The normalized spacial score (nSPS) is 15.1. The van der Waals surface area contributed by atoms with Crippen LogP contribution >= 0.6 is 0 Å². The number of nitrogens with one attached hydrogen (secondary N) is 1. The van der Waals surface area contributed by atoms with E-state index in [4.69, 9.17) is 4.52 Å². The number of aromatic nitrogens is 1. The first-order chi connectivity index (χ1) is 9.52. The summed E-state index contributed by atoms with van der Waals surface area (Å²) < 4.78 is 5.01. The van der Waals surface area contributed by atoms with Gasteiger partial charge >= 0.3 is 5.97 Å². The lowest BCUT2D eigenvalue weighted by atomic mass is 9.82. The fourth-order valence-electron chi connectivity index (χ4n) is 2.18. The molecule has 1 amide bonds. The minimum atomic E-state index is -0.922. The van der Waals surface area contributed by atoms with Gasteiger partial charge in [0.25, 0.3) is 5.91 Å². The summed E-state index contributed by atoms with van der Waals surface area (Å²) in [6.45, 7) is 3.71. The Kier molecular flexibility index (Phi) is 4.11. The maximum absolute atomic E-state index is 12.0. The quantitative estimate of drug-likeness (QED) is 0.798. The Morgan fingerprint density at radius 2 is 2.10 bits per heavy atom. The van der Waals surface area contributed by atoms with E-state index in [-0.39, 0.29) is 12.3 Å². The van der Waals surface area contributed by atoms with Crippen molar-refractivity contribution in [2.24, 2.45) is 5.41 Å². The van der Waals surface area contributed by atoms with Crippen molar-refractivity contribution in [3.05, 3.63) is 17.5 Å². The molecule has 1 fully saturated rings. The van der Waals surface area contributed by atoms with Crippen LogP contribution in [0.4, 0.5) is 0 Å². The molecule has 110 valence electrons. The van der Waals surface area contributed by atoms with Gasteiger partial charge in [0.1, 0.15) is 0 Å². The fraction of sp³-hybridized carbons (Fsp3) is 0.643. The largest absolute Gasteiger partial charge is 0.481 e. The second kappa shape index (κ2) is 5.64. The summed E-state index contributed by atoms with van der Waals surface area (Å²) in [6, 6.07) is 1.65. The standard InChI is InChI=1S/C14H20N2O4/c1-3-14(4-2,13(18)19)8-15-12(17)11-7-10(16-20-11)9-5-6-9/h7,9H,3-6,8H2,1-2H3,(H,15,17)(H,18,19). The lowest BCUT2D eigenvalue weighted by Crippen LogP contribution is -2.42. The summed E-state index contributed by atoms with van der Waals surface area (Å²) in [5, 5.41) is 15.8. The highest BCUT2D eigenvalue weighted by Gasteiger charge is 2.35. The van der Waals surface area contributed by atoms with Crippen LogP contribution in [0.5, 0.6) is 0 Å². The molecule has 0 aromatic carbocycles. The number of hydrogen-bond donors (Lipinski definition) is 2. The molecular weight excluding hydrogens is 260 g/mol. The summed E-state index contributed by atoms with van der Waals surface area (Å²) in [5.74, 6) is -0.723. The number of carboxylic acids is 1. The lowest BCUT2D eigenvalue weighted by molar-refractivity contribution is -0.149. The van der Waals surface area contributed by atoms with Crippen LogP contribution in [0.3, 0.4) is 0 Å². The third-order valence-electron chi connectivity index (χ3n) is 4.14. The van der Waals surface area contributed by atoms with Gasteiger partial charge in [-0.25, -0.2) is 0 Å². The van der Waals surface area contributed by atoms with Crippen molar-refractivity contribution >= 4 is 11.9 Å². The van der Waals surface area contributed by atoms with E-state index in [1.165, 1.54) is 0 Å². The Morgan fingerprint density at radius 1 is 1.45 bits per heavy atom. The number of rotatable bonds is 7. The molecule has 20 heavy (non-hydrogen) atoms. The molecule has 2 N–H and O–H groups in total. The van der Waals surface area contributed by atoms with E-state index in [1.54, 1.807) is 6.07 Å². The van der Waals surface area contributed by atoms with E-state index < -0.39 is 17.3 Å². The summed E-state index contributed by atoms with van der Waals surface area (Å²) in [6.07, 6.45) is 3.09. The van der Waals surface area contributed by atoms with Crippen molar-refractivity contribution < 1.29 is 19.2 Å². The summed E-state index contributed by atoms with van der Waals surface area (Å²) >= 11 is 0. The molecule has 0 radical (unpaired) electrons. The average Bonchev–Trinajstić information content (AvgIpc) is 3.17. The van der Waals surface area contributed by atoms with Crippen LogP contribution in [0.2, 0.25) is 0 Å². The van der Waals surface area contributed by atoms with E-state index in [9.17, 15) is 14.7 Å². The van der Waals surface area contributed by atoms with E-state index in [0.717, 1.165) is 18.5 Å². The molecule has 0 bridgehead atoms. The average molecular weight is 280 g/mol. The number of hydrogen-bond acceptors (Lipinski definition) is 4. The van der Waals surface area contributed by atoms with Gasteiger partial charge in [-0.1, -0.05) is 19.0 Å². The van der Waals surface area contributed by atoms with Crippen molar-refractivity contribution in [3.63, 3.8) is 0 Å². The Labute approximate surface area is 117 Å². The third kappa shape index (κ3) is 2.84. The van der Waals surface area contributed by atoms with Gasteiger partial charge < -0.3 is 14.9 Å². The molecule has 1 aliphatic carbocycles. The SMILES string of the molecule is CCC(CC)(CNC(=O)c1cc(C2CC2)no1)C(=O)O. The van der Waals surface area contributed by atoms with Gasteiger partial charge in [0.05, 0.1) is 11.1 Å². The molecule has 1 saturated carbocycles. The van der Waals surface area contributed by atoms with Crippen molar-refractivity contribution in [2.75, 3.05) is 6.54 Å². The molecule has 1 aromatic heterocycles. The number of nitrogens with zero attached hydrogens (tertiary/aromatic N) is 1. The predicted molar refractivity (Wildman–Crippen MR) is 71.5 cm³/mol. The monoisotopic (exact) mass is 280 g/mol. The lowest BCUT2D eigenvalue weighted by Gasteiger charge is -2.26. The zero-order valence-electron chi connectivity index (χ0n) is 11.8. The minimum Gasteiger partial charge on any atom is -0.481 e. The van der Waals surface area contributed by atoms with Crippen LogP contribution in [-0.2, 0) is 4.79 Å². The molecule has 6 heteroatoms. The highest BCUT2D eigenvalue weighted by molar-refractivity contribution is 5.91. The van der Waals surface area contributed by atoms with E-state index in [2.05, 4.69) is 10.5 Å². The molecule has 0 unspecified atom stereocenters. The zero-order valence-corrected chi connectivity index (χ0v) is 11.8. The highest BCUT2D eigenvalue weighted by Crippen LogP contribution is 2.39. The molecule has 1 heterocycles. The van der Waals surface area contributed by atoms with Gasteiger partial charge in [0.15, 0.2) is 0 Å². The molecule has 0 saturated heterocycles. The molecule has 0 aliphatic heterocycles. The van der Waals surface area contributed by atoms with Gasteiger partial charge in [-0.3, -0.25) is 9.59 Å². The van der Waals surface area contributed by atoms with E-state index in [0.29, 0.717) is 18.8 Å². The third-order valence-corrected chi connectivity index (χ3v) is 4.14. The maximum atomic E-state index is 12.0. The number of carbonyl (C=O) groups excluding carboxylic acids is 1. The van der Waals surface area contributed by atoms with E-state index in [1.807, 2.05) is 13.8 Å². The van der Waals surface area contributed by atoms with Gasteiger partial charge in [-0.05, 0) is 25.7 Å². The summed E-state index contributed by atoms with van der Waals surface area (Å²) in [7, 11) is 0. The second-order valence-corrected chi connectivity index (χ2v) is 5.37. The highest BCUT2D eigenvalue weighted by atomic mass is 16.5. The molecule has 6 nitrogen and oxygen atoms in total. The number of carbonyl (C=O) groups is 2. The second-order valence-electron chi connectivity index (χ2n) is 5.37. The number of carboxylic acid groups (broad SMARTS) is 1. The van der Waals surface area contributed by atoms with Crippen LogP contribution in [0.25, 0.3) is 0 Å². The maximum Gasteiger partial charge on any atom is 0.311 e. The Morgan fingerprint density at radius 3 is 2.60 bits per heavy atom. The Hall–Kier alpha value is -1.85. The van der Waals surface area contributed by atoms with Crippen LogP contribution in [0.15, 0.2) is 10.6 Å². The first kappa shape index (κ1) is 14.6. The van der Waals surface area contributed by atoms with Gasteiger partial charge in [0, 0.05) is 18.5 Å². The smallest absolute Gasteiger partial charge is 0.311 e. The van der Waals surface area contributed by atoms with Crippen molar-refractivity contribution in [1.82, 2.24) is 10.5 Å². The van der Waals surface area contributed by atoms with Crippen LogP contribution in [0.1, 0.15) is 61.7 Å². The van der Waals surface area contributed by atoms with Crippen molar-refractivity contribution in [2.45, 2.75) is 45.4 Å². The molecule has 0 atom stereocenters. The predicted octanol–water partition coefficient (Wildman–Crippen LogP) is 2.17. The van der Waals surface area contributed by atoms with Gasteiger partial charge in [-0.15, -0.1) is 0 Å². The molecule has 2 rings (SSSR count). The summed E-state index contributed by atoms with van der Waals surface area (Å²) in [5.41, 5.74) is -0.111. The topological polar surface area (TPSA) is 92.4 Å². The summed E-state index contributed by atoms with van der Waals surface area (Å²) in [4.78, 5) is 23.3. The Balaban J connectivity index is 1.97. The fourth-order valence-corrected chi connectivity index (χ4v) is 2.18. The van der Waals surface area contributed by atoms with E-state index >= 15 is 0 Å². The van der Waals surface area contributed by atoms with Gasteiger partial charge in [-0.2, -0.15) is 0 Å². The van der Waals surface area contributed by atoms with Crippen LogP contribution < -0.4 is 5.32 Å². The number of amides is 1. The van der Waals surface area contributed by atoms with Crippen LogP contribution in [0, 0.1) is 5.41 Å². The van der Waals surface area contributed by atoms with Crippen LogP contribution in [-0.4, -0.2) is 28.7 Å². The molecule has 1 aromatic rings.